The molecule has 0 bridgehead atoms. The number of amides is 1. The first-order chi connectivity index (χ1) is 12.3. The van der Waals surface area contributed by atoms with Crippen LogP contribution < -0.4 is 0 Å². The molecular formula is C18H17ClN2O5. The highest BCUT2D eigenvalue weighted by Gasteiger charge is 2.19. The smallest absolute Gasteiger partial charge is 0.340 e. The zero-order valence-electron chi connectivity index (χ0n) is 14.3. The molecule has 26 heavy (non-hydrogen) atoms. The Balaban J connectivity index is 1.98. The molecule has 1 amide bonds. The van der Waals surface area contributed by atoms with Crippen LogP contribution in [0.25, 0.3) is 0 Å². The van der Waals surface area contributed by atoms with E-state index in [1.807, 2.05) is 31.2 Å². The summed E-state index contributed by atoms with van der Waals surface area (Å²) in [5.74, 6) is -1.29. The lowest BCUT2D eigenvalue weighted by Gasteiger charge is -2.18. The minimum atomic E-state index is -0.892. The van der Waals surface area contributed by atoms with Gasteiger partial charge in [0.2, 0.25) is 0 Å². The Morgan fingerprint density at radius 2 is 1.92 bits per heavy atom. The molecule has 0 aromatic heterocycles. The number of rotatable bonds is 6. The molecule has 7 nitrogen and oxygen atoms in total. The van der Waals surface area contributed by atoms with Gasteiger partial charge in [-0.3, -0.25) is 14.9 Å². The van der Waals surface area contributed by atoms with Crippen molar-refractivity contribution in [3.63, 3.8) is 0 Å². The SMILES string of the molecule is Cc1ccccc1CN(C)C(=O)COC(=O)c1cc([N+](=O)[O-])ccc1Cl. The van der Waals surface area contributed by atoms with E-state index in [0.717, 1.165) is 17.2 Å². The van der Waals surface area contributed by atoms with Crippen molar-refractivity contribution in [2.75, 3.05) is 13.7 Å². The third-order valence-electron chi connectivity index (χ3n) is 3.80. The van der Waals surface area contributed by atoms with Gasteiger partial charge in [-0.25, -0.2) is 4.79 Å². The number of esters is 1. The van der Waals surface area contributed by atoms with Crippen LogP contribution in [-0.2, 0) is 16.1 Å². The maximum Gasteiger partial charge on any atom is 0.340 e. The Bertz CT molecular complexity index is 853. The fourth-order valence-electron chi connectivity index (χ4n) is 2.23. The molecule has 0 aliphatic heterocycles. The van der Waals surface area contributed by atoms with Crippen molar-refractivity contribution in [3.8, 4) is 0 Å². The van der Waals surface area contributed by atoms with Crippen LogP contribution in [0.2, 0.25) is 5.02 Å². The topological polar surface area (TPSA) is 89.8 Å². The van der Waals surface area contributed by atoms with Crippen LogP contribution in [0.15, 0.2) is 42.5 Å². The molecule has 2 rings (SSSR count). The number of nitrogens with zero attached hydrogens (tertiary/aromatic N) is 2. The standard InChI is InChI=1S/C18H17ClN2O5/c1-12-5-3-4-6-13(12)10-20(2)17(22)11-26-18(23)15-9-14(21(24)25)7-8-16(15)19/h3-9H,10-11H2,1-2H3. The van der Waals surface area contributed by atoms with Crippen LogP contribution in [0, 0.1) is 17.0 Å². The van der Waals surface area contributed by atoms with Crippen LogP contribution in [0.1, 0.15) is 21.5 Å². The molecule has 0 unspecified atom stereocenters. The molecule has 0 radical (unpaired) electrons. The van der Waals surface area contributed by atoms with E-state index in [2.05, 4.69) is 0 Å². The summed E-state index contributed by atoms with van der Waals surface area (Å²) < 4.78 is 4.96. The molecule has 0 atom stereocenters. The van der Waals surface area contributed by atoms with E-state index in [9.17, 15) is 19.7 Å². The lowest BCUT2D eigenvalue weighted by molar-refractivity contribution is -0.384. The number of nitro groups is 1. The van der Waals surface area contributed by atoms with Crippen molar-refractivity contribution in [3.05, 3.63) is 74.3 Å². The van der Waals surface area contributed by atoms with Gasteiger partial charge in [0.05, 0.1) is 15.5 Å². The van der Waals surface area contributed by atoms with Crippen molar-refractivity contribution in [2.24, 2.45) is 0 Å². The molecule has 0 spiro atoms. The maximum absolute atomic E-state index is 12.2. The molecule has 2 aromatic carbocycles. The molecule has 0 heterocycles. The number of carbonyl (C=O) groups excluding carboxylic acids is 2. The number of non-ortho nitro benzene ring substituents is 1. The number of ether oxygens (including phenoxy) is 1. The van der Waals surface area contributed by atoms with Crippen molar-refractivity contribution >= 4 is 29.2 Å². The van der Waals surface area contributed by atoms with Crippen molar-refractivity contribution in [1.82, 2.24) is 4.90 Å². The third-order valence-corrected chi connectivity index (χ3v) is 4.13. The lowest BCUT2D eigenvalue weighted by atomic mass is 10.1. The highest BCUT2D eigenvalue weighted by molar-refractivity contribution is 6.33. The number of carbonyl (C=O) groups is 2. The predicted molar refractivity (Wildman–Crippen MR) is 96.0 cm³/mol. The van der Waals surface area contributed by atoms with Gasteiger partial charge in [0, 0.05) is 25.7 Å². The Morgan fingerprint density at radius 1 is 1.23 bits per heavy atom. The first-order valence-electron chi connectivity index (χ1n) is 7.69. The average Bonchev–Trinajstić information content (AvgIpc) is 2.61. The van der Waals surface area contributed by atoms with Gasteiger partial charge in [-0.15, -0.1) is 0 Å². The number of aryl methyl sites for hydroxylation is 1. The summed E-state index contributed by atoms with van der Waals surface area (Å²) in [7, 11) is 1.60. The molecule has 0 saturated carbocycles. The molecule has 0 fully saturated rings. The highest BCUT2D eigenvalue weighted by Crippen LogP contribution is 2.22. The summed E-state index contributed by atoms with van der Waals surface area (Å²) in [4.78, 5) is 35.8. The first kappa shape index (κ1) is 19.4. The molecule has 0 N–H and O–H groups in total. The molecular weight excluding hydrogens is 360 g/mol. The van der Waals surface area contributed by atoms with Crippen LogP contribution in [0.5, 0.6) is 0 Å². The van der Waals surface area contributed by atoms with Crippen molar-refractivity contribution in [2.45, 2.75) is 13.5 Å². The normalized spacial score (nSPS) is 10.3. The average molecular weight is 377 g/mol. The quantitative estimate of drug-likeness (QED) is 0.438. The van der Waals surface area contributed by atoms with Gasteiger partial charge < -0.3 is 9.64 Å². The monoisotopic (exact) mass is 376 g/mol. The second-order valence-corrected chi connectivity index (χ2v) is 6.08. The van der Waals surface area contributed by atoms with Crippen LogP contribution in [-0.4, -0.2) is 35.4 Å². The summed E-state index contributed by atoms with van der Waals surface area (Å²) in [5.41, 5.74) is 1.59. The van der Waals surface area contributed by atoms with E-state index in [0.29, 0.717) is 6.54 Å². The van der Waals surface area contributed by atoms with Crippen molar-refractivity contribution < 1.29 is 19.2 Å². The fraction of sp³-hybridized carbons (Fsp3) is 0.222. The highest BCUT2D eigenvalue weighted by atomic mass is 35.5. The number of benzene rings is 2. The molecule has 8 heteroatoms. The van der Waals surface area contributed by atoms with Gasteiger partial charge in [-0.1, -0.05) is 35.9 Å². The largest absolute Gasteiger partial charge is 0.452 e. The zero-order valence-corrected chi connectivity index (χ0v) is 15.0. The minimum Gasteiger partial charge on any atom is -0.452 e. The minimum absolute atomic E-state index is 0.0151. The first-order valence-corrected chi connectivity index (χ1v) is 8.07. The Labute approximate surface area is 155 Å². The van der Waals surface area contributed by atoms with Gasteiger partial charge in [0.25, 0.3) is 11.6 Å². The third kappa shape index (κ3) is 4.80. The van der Waals surface area contributed by atoms with E-state index < -0.39 is 23.4 Å². The van der Waals surface area contributed by atoms with Gasteiger partial charge in [-0.05, 0) is 24.1 Å². The summed E-state index contributed by atoms with van der Waals surface area (Å²) in [6, 6.07) is 11.1. The van der Waals surface area contributed by atoms with E-state index in [1.165, 1.54) is 17.0 Å². The van der Waals surface area contributed by atoms with E-state index >= 15 is 0 Å². The van der Waals surface area contributed by atoms with Crippen LogP contribution in [0.4, 0.5) is 5.69 Å². The van der Waals surface area contributed by atoms with Gasteiger partial charge in [-0.2, -0.15) is 0 Å². The molecule has 0 aliphatic rings. The Hall–Kier alpha value is -2.93. The Morgan fingerprint density at radius 3 is 2.58 bits per heavy atom. The van der Waals surface area contributed by atoms with Crippen LogP contribution >= 0.6 is 11.6 Å². The second kappa shape index (κ2) is 8.44. The van der Waals surface area contributed by atoms with Crippen LogP contribution in [0.3, 0.4) is 0 Å². The zero-order chi connectivity index (χ0) is 19.3. The second-order valence-electron chi connectivity index (χ2n) is 5.67. The summed E-state index contributed by atoms with van der Waals surface area (Å²) in [6.07, 6.45) is 0. The number of likely N-dealkylation sites (N-methyl/N-ethyl adjacent to an activating group) is 1. The van der Waals surface area contributed by atoms with Gasteiger partial charge in [0.1, 0.15) is 0 Å². The van der Waals surface area contributed by atoms with Gasteiger partial charge in [0.15, 0.2) is 6.61 Å². The van der Waals surface area contributed by atoms with E-state index in [1.54, 1.807) is 7.05 Å². The van der Waals surface area contributed by atoms with Gasteiger partial charge >= 0.3 is 5.97 Å². The molecule has 0 aliphatic carbocycles. The van der Waals surface area contributed by atoms with E-state index in [4.69, 9.17) is 16.3 Å². The van der Waals surface area contributed by atoms with E-state index in [-0.39, 0.29) is 16.3 Å². The summed E-state index contributed by atoms with van der Waals surface area (Å²) in [5, 5.41) is 10.8. The lowest BCUT2D eigenvalue weighted by Crippen LogP contribution is -2.31. The number of nitro benzene ring substituents is 1. The maximum atomic E-state index is 12.2. The molecule has 2 aromatic rings. The van der Waals surface area contributed by atoms with Crippen molar-refractivity contribution in [1.29, 1.82) is 0 Å². The summed E-state index contributed by atoms with van der Waals surface area (Å²) in [6.45, 7) is 1.83. The molecule has 0 saturated heterocycles. The predicted octanol–water partition coefficient (Wildman–Crippen LogP) is 3.37. The molecule has 136 valence electrons. The number of halogens is 1. The summed E-state index contributed by atoms with van der Waals surface area (Å²) >= 11 is 5.88. The Kier molecular flexibility index (Phi) is 6.30. The number of hydrogen-bond donors (Lipinski definition) is 0. The number of hydrogen-bond acceptors (Lipinski definition) is 5. The fourth-order valence-corrected chi connectivity index (χ4v) is 2.42.